The van der Waals surface area contributed by atoms with E-state index in [1.165, 1.54) is 13.5 Å². The second-order valence-electron chi connectivity index (χ2n) is 12.8. The lowest BCUT2D eigenvalue weighted by Gasteiger charge is -2.47. The molecular formula is C29H44O5Si2. The summed E-state index contributed by atoms with van der Waals surface area (Å²) in [4.78, 5) is 12.8. The van der Waals surface area contributed by atoms with Crippen molar-refractivity contribution in [3.63, 3.8) is 0 Å². The lowest BCUT2D eigenvalue weighted by molar-refractivity contribution is -0.201. The minimum Gasteiger partial charge on any atom is -0.466 e. The van der Waals surface area contributed by atoms with E-state index in [0.29, 0.717) is 12.0 Å². The zero-order valence-electron chi connectivity index (χ0n) is 23.7. The summed E-state index contributed by atoms with van der Waals surface area (Å²) in [6.07, 6.45) is 9.92. The maximum absolute atomic E-state index is 12.8. The van der Waals surface area contributed by atoms with Crippen molar-refractivity contribution in [2.24, 2.45) is 0 Å². The summed E-state index contributed by atoms with van der Waals surface area (Å²) in [6.45, 7) is 17.7. The van der Waals surface area contributed by atoms with E-state index >= 15 is 0 Å². The second-order valence-corrected chi connectivity index (χ2v) is 22.3. The Kier molecular flexibility index (Phi) is 8.55. The molecule has 3 aliphatic rings. The molecular weight excluding hydrogens is 484 g/mol. The van der Waals surface area contributed by atoms with Gasteiger partial charge in [-0.1, -0.05) is 64.6 Å². The summed E-state index contributed by atoms with van der Waals surface area (Å²) in [5, 5.41) is -0.0512. The number of ether oxygens (including phenoxy) is 3. The summed E-state index contributed by atoms with van der Waals surface area (Å²) in [6, 6.07) is 0. The fourth-order valence-electron chi connectivity index (χ4n) is 4.70. The van der Waals surface area contributed by atoms with Crippen LogP contribution >= 0.6 is 0 Å². The van der Waals surface area contributed by atoms with Crippen molar-refractivity contribution in [1.29, 1.82) is 0 Å². The molecule has 0 radical (unpaired) electrons. The van der Waals surface area contributed by atoms with E-state index in [1.54, 1.807) is 12.2 Å². The van der Waals surface area contributed by atoms with Gasteiger partial charge in [0.05, 0.1) is 7.11 Å². The van der Waals surface area contributed by atoms with Crippen molar-refractivity contribution >= 4 is 22.4 Å². The molecule has 2 fully saturated rings. The molecule has 198 valence electrons. The van der Waals surface area contributed by atoms with E-state index in [2.05, 4.69) is 76.8 Å². The van der Waals surface area contributed by atoms with Crippen LogP contribution < -0.4 is 0 Å². The predicted molar refractivity (Wildman–Crippen MR) is 149 cm³/mol. The van der Waals surface area contributed by atoms with Gasteiger partial charge in [0.25, 0.3) is 0 Å². The van der Waals surface area contributed by atoms with E-state index in [1.807, 2.05) is 6.08 Å². The average Bonchev–Trinajstić information content (AvgIpc) is 3.12. The minimum absolute atomic E-state index is 0.0512. The number of esters is 1. The topological polar surface area (TPSA) is 54.0 Å². The molecule has 0 N–H and O–H groups in total. The van der Waals surface area contributed by atoms with Crippen LogP contribution in [0.1, 0.15) is 59.3 Å². The van der Waals surface area contributed by atoms with E-state index in [4.69, 9.17) is 18.6 Å². The molecule has 5 nitrogen and oxygen atoms in total. The molecule has 3 atom stereocenters. The Balaban J connectivity index is 2.09. The quantitative estimate of drug-likeness (QED) is 0.250. The SMILES string of the molecule is COC(=O)C1=C[C@@H]2OC3(CCCCC3)O[C@@H]2[C@](C#C/C=C\C#C[Si](C)(C)C)(O[Si](C)(C)C(C)(C)C)C1. The summed E-state index contributed by atoms with van der Waals surface area (Å²) in [7, 11) is -2.37. The molecule has 36 heavy (non-hydrogen) atoms. The van der Waals surface area contributed by atoms with Crippen LogP contribution in [0, 0.1) is 23.3 Å². The lowest BCUT2D eigenvalue weighted by Crippen LogP contribution is -2.59. The molecule has 1 saturated heterocycles. The Morgan fingerprint density at radius 1 is 1.06 bits per heavy atom. The van der Waals surface area contributed by atoms with Gasteiger partial charge in [0, 0.05) is 24.8 Å². The van der Waals surface area contributed by atoms with Crippen molar-refractivity contribution in [3.05, 3.63) is 23.8 Å². The molecule has 1 heterocycles. The summed E-state index contributed by atoms with van der Waals surface area (Å²) in [5.74, 6) is 8.75. The number of methoxy groups -OCH3 is 1. The highest BCUT2D eigenvalue weighted by atomic mass is 28.4. The van der Waals surface area contributed by atoms with Gasteiger partial charge in [0.1, 0.15) is 20.3 Å². The highest BCUT2D eigenvalue weighted by Crippen LogP contribution is 2.50. The smallest absolute Gasteiger partial charge is 0.333 e. The van der Waals surface area contributed by atoms with Gasteiger partial charge in [-0.3, -0.25) is 0 Å². The predicted octanol–water partition coefficient (Wildman–Crippen LogP) is 6.13. The fourth-order valence-corrected chi connectivity index (χ4v) is 6.68. The molecule has 0 amide bonds. The van der Waals surface area contributed by atoms with Crippen LogP contribution in [0.15, 0.2) is 23.8 Å². The Hall–Kier alpha value is -1.62. The van der Waals surface area contributed by atoms with Crippen LogP contribution in [0.4, 0.5) is 0 Å². The molecule has 0 aromatic rings. The van der Waals surface area contributed by atoms with Crippen LogP contribution in [0.2, 0.25) is 37.8 Å². The number of hydrogen-bond donors (Lipinski definition) is 0. The first-order chi connectivity index (χ1) is 16.6. The number of rotatable bonds is 3. The third-order valence-electron chi connectivity index (χ3n) is 7.56. The van der Waals surface area contributed by atoms with E-state index < -0.39 is 40.0 Å². The zero-order valence-corrected chi connectivity index (χ0v) is 25.7. The Morgan fingerprint density at radius 2 is 1.69 bits per heavy atom. The maximum Gasteiger partial charge on any atom is 0.333 e. The summed E-state index contributed by atoms with van der Waals surface area (Å²) in [5.41, 5.74) is 2.84. The molecule has 1 spiro atoms. The van der Waals surface area contributed by atoms with Crippen molar-refractivity contribution < 1.29 is 23.4 Å². The van der Waals surface area contributed by atoms with Gasteiger partial charge in [-0.25, -0.2) is 4.79 Å². The highest BCUT2D eigenvalue weighted by Gasteiger charge is 2.60. The number of carbonyl (C=O) groups excluding carboxylic acids is 1. The van der Waals surface area contributed by atoms with Crippen molar-refractivity contribution in [2.75, 3.05) is 7.11 Å². The van der Waals surface area contributed by atoms with E-state index in [-0.39, 0.29) is 11.0 Å². The first-order valence-electron chi connectivity index (χ1n) is 13.2. The minimum atomic E-state index is -2.32. The molecule has 0 unspecified atom stereocenters. The van der Waals surface area contributed by atoms with Crippen LogP contribution in [0.3, 0.4) is 0 Å². The molecule has 1 saturated carbocycles. The Morgan fingerprint density at radius 3 is 2.28 bits per heavy atom. The lowest BCUT2D eigenvalue weighted by atomic mass is 9.81. The maximum atomic E-state index is 12.8. The van der Waals surface area contributed by atoms with Crippen molar-refractivity contribution in [3.8, 4) is 23.3 Å². The molecule has 3 rings (SSSR count). The molecule has 7 heteroatoms. The fraction of sp³-hybridized carbons (Fsp3) is 0.690. The Bertz CT molecular complexity index is 1020. The molecule has 1 aliphatic heterocycles. The van der Waals surface area contributed by atoms with Crippen molar-refractivity contribution in [2.45, 2.75) is 121 Å². The van der Waals surface area contributed by atoms with E-state index in [9.17, 15) is 4.79 Å². The number of fused-ring (bicyclic) bond motifs is 1. The average molecular weight is 529 g/mol. The molecule has 0 aromatic heterocycles. The second kappa shape index (κ2) is 10.6. The summed E-state index contributed by atoms with van der Waals surface area (Å²) < 4.78 is 25.6. The highest BCUT2D eigenvalue weighted by molar-refractivity contribution is 6.83. The number of hydrogen-bond acceptors (Lipinski definition) is 5. The van der Waals surface area contributed by atoms with Gasteiger partial charge < -0.3 is 18.6 Å². The largest absolute Gasteiger partial charge is 0.466 e. The molecule has 0 bridgehead atoms. The van der Waals surface area contributed by atoms with Gasteiger partial charge >= 0.3 is 5.97 Å². The van der Waals surface area contributed by atoms with Crippen LogP contribution in [0.5, 0.6) is 0 Å². The van der Waals surface area contributed by atoms with Gasteiger partial charge in [-0.15, -0.1) is 5.54 Å². The van der Waals surface area contributed by atoms with Crippen LogP contribution in [0.25, 0.3) is 0 Å². The van der Waals surface area contributed by atoms with Gasteiger partial charge in [0.15, 0.2) is 19.7 Å². The summed E-state index contributed by atoms with van der Waals surface area (Å²) >= 11 is 0. The monoisotopic (exact) mass is 528 g/mol. The third kappa shape index (κ3) is 6.63. The normalized spacial score (nSPS) is 28.0. The molecule has 2 aliphatic carbocycles. The number of allylic oxidation sites excluding steroid dienone is 2. The standard InChI is InChI=1S/C29H44O5Si2/c1-27(2,3)36(8,9)34-28(17-13-10-11-16-20-35(5,6)7)22-23(26(30)31-4)21-24-25(28)33-29(32-24)18-14-12-15-19-29/h10-11,21,24-25H,12,14-15,18-19,22H2,1-9H3/b11-10-/t24-,25-,28+/m0/s1. The van der Waals surface area contributed by atoms with Crippen LogP contribution in [-0.2, 0) is 23.4 Å². The first kappa shape index (κ1) is 28.9. The van der Waals surface area contributed by atoms with Gasteiger partial charge in [0.2, 0.25) is 0 Å². The zero-order chi connectivity index (χ0) is 26.8. The third-order valence-corrected chi connectivity index (χ3v) is 12.9. The van der Waals surface area contributed by atoms with E-state index in [0.717, 1.165) is 25.7 Å². The van der Waals surface area contributed by atoms with Crippen molar-refractivity contribution in [1.82, 2.24) is 0 Å². The number of carbonyl (C=O) groups is 1. The Labute approximate surface area is 220 Å². The van der Waals surface area contributed by atoms with Gasteiger partial charge in [-0.05, 0) is 49.2 Å². The molecule has 0 aromatic carbocycles. The van der Waals surface area contributed by atoms with Crippen LogP contribution in [-0.4, -0.2) is 53.1 Å². The first-order valence-corrected chi connectivity index (χ1v) is 19.6. The van der Waals surface area contributed by atoms with Gasteiger partial charge in [-0.2, -0.15) is 0 Å².